The SMILES string of the molecule is CCc1nn(C)cc1CN1CCC(C(=O)N2CC(C)OC(C)C2)CC1. The zero-order valence-corrected chi connectivity index (χ0v) is 16.1. The van der Waals surface area contributed by atoms with Crippen molar-refractivity contribution in [2.24, 2.45) is 13.0 Å². The number of carbonyl (C=O) groups excluding carboxylic acids is 1. The fourth-order valence-electron chi connectivity index (χ4n) is 4.21. The van der Waals surface area contributed by atoms with Crippen LogP contribution in [0.2, 0.25) is 0 Å². The van der Waals surface area contributed by atoms with Gasteiger partial charge in [-0.2, -0.15) is 5.10 Å². The molecule has 6 nitrogen and oxygen atoms in total. The molecular weight excluding hydrogens is 316 g/mol. The monoisotopic (exact) mass is 348 g/mol. The van der Waals surface area contributed by atoms with Crippen LogP contribution in [0.3, 0.4) is 0 Å². The molecule has 2 unspecified atom stereocenters. The molecule has 2 aliphatic heterocycles. The molecule has 3 rings (SSSR count). The van der Waals surface area contributed by atoms with Gasteiger partial charge < -0.3 is 9.64 Å². The van der Waals surface area contributed by atoms with E-state index in [2.05, 4.69) is 37.0 Å². The fraction of sp³-hybridized carbons (Fsp3) is 0.789. The van der Waals surface area contributed by atoms with Gasteiger partial charge in [0.2, 0.25) is 5.91 Å². The lowest BCUT2D eigenvalue weighted by Gasteiger charge is -2.39. The van der Waals surface area contributed by atoms with Crippen LogP contribution in [0.4, 0.5) is 0 Å². The summed E-state index contributed by atoms with van der Waals surface area (Å²) in [6.07, 6.45) is 5.31. The normalized spacial score (nSPS) is 26.2. The maximum Gasteiger partial charge on any atom is 0.225 e. The molecule has 25 heavy (non-hydrogen) atoms. The third-order valence-corrected chi connectivity index (χ3v) is 5.39. The molecule has 1 amide bonds. The van der Waals surface area contributed by atoms with E-state index in [0.29, 0.717) is 5.91 Å². The Morgan fingerprint density at radius 3 is 2.48 bits per heavy atom. The van der Waals surface area contributed by atoms with Crippen LogP contribution in [0.25, 0.3) is 0 Å². The summed E-state index contributed by atoms with van der Waals surface area (Å²) in [5.41, 5.74) is 2.52. The van der Waals surface area contributed by atoms with Crippen molar-refractivity contribution in [1.82, 2.24) is 19.6 Å². The van der Waals surface area contributed by atoms with E-state index in [0.717, 1.165) is 52.0 Å². The van der Waals surface area contributed by atoms with Gasteiger partial charge in [-0.3, -0.25) is 14.4 Å². The number of aromatic nitrogens is 2. The number of piperidine rings is 1. The summed E-state index contributed by atoms with van der Waals surface area (Å²) in [6, 6.07) is 0. The van der Waals surface area contributed by atoms with Gasteiger partial charge in [0, 0.05) is 44.4 Å². The minimum Gasteiger partial charge on any atom is -0.372 e. The Bertz CT molecular complexity index is 582. The highest BCUT2D eigenvalue weighted by Gasteiger charge is 2.32. The first kappa shape index (κ1) is 18.4. The molecule has 0 aliphatic carbocycles. The Hall–Kier alpha value is -1.40. The Labute approximate surface area is 151 Å². The summed E-state index contributed by atoms with van der Waals surface area (Å²) < 4.78 is 7.66. The third-order valence-electron chi connectivity index (χ3n) is 5.39. The number of hydrogen-bond acceptors (Lipinski definition) is 4. The molecule has 0 aromatic carbocycles. The number of nitrogens with zero attached hydrogens (tertiary/aromatic N) is 4. The average Bonchev–Trinajstić information content (AvgIpc) is 2.93. The fourth-order valence-corrected chi connectivity index (χ4v) is 4.21. The summed E-state index contributed by atoms with van der Waals surface area (Å²) in [6.45, 7) is 10.7. The molecule has 0 saturated carbocycles. The Kier molecular flexibility index (Phi) is 5.79. The summed E-state index contributed by atoms with van der Waals surface area (Å²) in [5.74, 6) is 0.505. The maximum absolute atomic E-state index is 12.9. The van der Waals surface area contributed by atoms with E-state index in [-0.39, 0.29) is 18.1 Å². The molecule has 2 fully saturated rings. The predicted octanol–water partition coefficient (Wildman–Crippen LogP) is 1.83. The molecule has 1 aromatic heterocycles. The van der Waals surface area contributed by atoms with Crippen LogP contribution in [-0.2, 0) is 29.5 Å². The van der Waals surface area contributed by atoms with Crippen LogP contribution in [-0.4, -0.2) is 63.9 Å². The van der Waals surface area contributed by atoms with Gasteiger partial charge in [-0.25, -0.2) is 0 Å². The highest BCUT2D eigenvalue weighted by Crippen LogP contribution is 2.23. The summed E-state index contributed by atoms with van der Waals surface area (Å²) in [4.78, 5) is 17.3. The van der Waals surface area contributed by atoms with Gasteiger partial charge in [-0.1, -0.05) is 6.92 Å². The minimum atomic E-state index is 0.144. The molecule has 3 heterocycles. The van der Waals surface area contributed by atoms with Gasteiger partial charge >= 0.3 is 0 Å². The molecule has 2 aliphatic rings. The van der Waals surface area contributed by atoms with Crippen LogP contribution >= 0.6 is 0 Å². The minimum absolute atomic E-state index is 0.144. The Balaban J connectivity index is 1.52. The lowest BCUT2D eigenvalue weighted by Crippen LogP contribution is -2.51. The molecule has 140 valence electrons. The molecule has 2 atom stereocenters. The quantitative estimate of drug-likeness (QED) is 0.833. The molecule has 0 radical (unpaired) electrons. The molecular formula is C19H32N4O2. The van der Waals surface area contributed by atoms with Gasteiger partial charge in [-0.15, -0.1) is 0 Å². The van der Waals surface area contributed by atoms with Crippen LogP contribution in [0.5, 0.6) is 0 Å². The van der Waals surface area contributed by atoms with Crippen LogP contribution in [0, 0.1) is 5.92 Å². The second-order valence-electron chi connectivity index (χ2n) is 7.68. The van der Waals surface area contributed by atoms with Crippen LogP contribution < -0.4 is 0 Å². The predicted molar refractivity (Wildman–Crippen MR) is 97.2 cm³/mol. The van der Waals surface area contributed by atoms with E-state index in [9.17, 15) is 4.79 Å². The Morgan fingerprint density at radius 1 is 1.24 bits per heavy atom. The molecule has 2 saturated heterocycles. The number of morpholine rings is 1. The number of amides is 1. The zero-order chi connectivity index (χ0) is 18.0. The molecule has 6 heteroatoms. The topological polar surface area (TPSA) is 50.6 Å². The van der Waals surface area contributed by atoms with Crippen molar-refractivity contribution in [3.05, 3.63) is 17.5 Å². The molecule has 1 aromatic rings. The number of likely N-dealkylation sites (tertiary alicyclic amines) is 1. The summed E-state index contributed by atoms with van der Waals surface area (Å²) in [7, 11) is 1.98. The molecule has 0 N–H and O–H groups in total. The summed E-state index contributed by atoms with van der Waals surface area (Å²) in [5, 5.41) is 4.53. The summed E-state index contributed by atoms with van der Waals surface area (Å²) >= 11 is 0. The van der Waals surface area contributed by atoms with E-state index in [1.165, 1.54) is 11.3 Å². The maximum atomic E-state index is 12.9. The van der Waals surface area contributed by atoms with Crippen LogP contribution in [0.1, 0.15) is 44.9 Å². The van der Waals surface area contributed by atoms with Crippen molar-refractivity contribution in [1.29, 1.82) is 0 Å². The van der Waals surface area contributed by atoms with Crippen molar-refractivity contribution in [3.8, 4) is 0 Å². The van der Waals surface area contributed by atoms with Gasteiger partial charge in [0.05, 0.1) is 17.9 Å². The first-order valence-corrected chi connectivity index (χ1v) is 9.64. The van der Waals surface area contributed by atoms with E-state index in [1.807, 2.05) is 16.6 Å². The van der Waals surface area contributed by atoms with E-state index < -0.39 is 0 Å². The third kappa shape index (κ3) is 4.42. The molecule has 0 spiro atoms. The zero-order valence-electron chi connectivity index (χ0n) is 16.1. The number of carbonyl (C=O) groups is 1. The van der Waals surface area contributed by atoms with Crippen LogP contribution in [0.15, 0.2) is 6.20 Å². The average molecular weight is 348 g/mol. The number of hydrogen-bond donors (Lipinski definition) is 0. The number of aryl methyl sites for hydroxylation is 2. The van der Waals surface area contributed by atoms with Gasteiger partial charge in [0.15, 0.2) is 0 Å². The number of ether oxygens (including phenoxy) is 1. The van der Waals surface area contributed by atoms with E-state index in [1.54, 1.807) is 0 Å². The largest absolute Gasteiger partial charge is 0.372 e. The first-order valence-electron chi connectivity index (χ1n) is 9.64. The van der Waals surface area contributed by atoms with E-state index in [4.69, 9.17) is 4.74 Å². The van der Waals surface area contributed by atoms with Crippen molar-refractivity contribution >= 4 is 5.91 Å². The number of rotatable bonds is 4. The first-order chi connectivity index (χ1) is 12.0. The van der Waals surface area contributed by atoms with E-state index >= 15 is 0 Å². The van der Waals surface area contributed by atoms with Gasteiger partial charge in [-0.05, 0) is 46.2 Å². The van der Waals surface area contributed by atoms with Crippen molar-refractivity contribution in [2.75, 3.05) is 26.2 Å². The lowest BCUT2D eigenvalue weighted by molar-refractivity contribution is -0.148. The van der Waals surface area contributed by atoms with Crippen molar-refractivity contribution in [3.63, 3.8) is 0 Å². The standard InChI is InChI=1S/C19H32N4O2/c1-5-18-17(12-21(4)20-18)13-22-8-6-16(7-9-22)19(24)23-10-14(2)25-15(3)11-23/h12,14-16H,5-11,13H2,1-4H3. The van der Waals surface area contributed by atoms with Crippen molar-refractivity contribution < 1.29 is 9.53 Å². The lowest BCUT2D eigenvalue weighted by atomic mass is 9.94. The highest BCUT2D eigenvalue weighted by molar-refractivity contribution is 5.79. The van der Waals surface area contributed by atoms with Gasteiger partial charge in [0.1, 0.15) is 0 Å². The highest BCUT2D eigenvalue weighted by atomic mass is 16.5. The molecule has 0 bridgehead atoms. The smallest absolute Gasteiger partial charge is 0.225 e. The Morgan fingerprint density at radius 2 is 1.88 bits per heavy atom. The van der Waals surface area contributed by atoms with Gasteiger partial charge in [0.25, 0.3) is 0 Å². The van der Waals surface area contributed by atoms with Crippen molar-refractivity contribution in [2.45, 2.75) is 58.8 Å². The second-order valence-corrected chi connectivity index (χ2v) is 7.68. The second kappa shape index (κ2) is 7.87.